The number of aryl methyl sites for hydroxylation is 1. The van der Waals surface area contributed by atoms with Crippen molar-refractivity contribution in [2.75, 3.05) is 0 Å². The van der Waals surface area contributed by atoms with E-state index in [1.165, 1.54) is 0 Å². The van der Waals surface area contributed by atoms with E-state index < -0.39 is 0 Å². The number of rotatable bonds is 3. The molecule has 1 nitrogen and oxygen atoms in total. The molecular formula is C14H12BrCl2N. The van der Waals surface area contributed by atoms with Gasteiger partial charge in [-0.1, -0.05) is 23.7 Å². The summed E-state index contributed by atoms with van der Waals surface area (Å²) >= 11 is 15.9. The predicted molar refractivity (Wildman–Crippen MR) is 80.4 cm³/mol. The summed E-state index contributed by atoms with van der Waals surface area (Å²) in [5.74, 6) is 0. The zero-order chi connectivity index (χ0) is 13.1. The topological polar surface area (TPSA) is 12.9 Å². The van der Waals surface area contributed by atoms with Crippen LogP contribution in [0.4, 0.5) is 0 Å². The Bertz CT molecular complexity index is 557. The molecule has 0 saturated heterocycles. The molecule has 2 aromatic rings. The van der Waals surface area contributed by atoms with Gasteiger partial charge >= 0.3 is 0 Å². The average Bonchev–Trinajstić information content (AvgIpc) is 2.35. The van der Waals surface area contributed by atoms with Crippen molar-refractivity contribution in [3.05, 3.63) is 62.8 Å². The third-order valence-corrected chi connectivity index (χ3v) is 4.43. The summed E-state index contributed by atoms with van der Waals surface area (Å²) in [4.78, 5) is 4.36. The van der Waals surface area contributed by atoms with Crippen LogP contribution in [-0.2, 0) is 6.42 Å². The second-order valence-electron chi connectivity index (χ2n) is 4.11. The number of benzene rings is 1. The minimum absolute atomic E-state index is 0.121. The molecule has 0 spiro atoms. The highest BCUT2D eigenvalue weighted by Crippen LogP contribution is 2.30. The van der Waals surface area contributed by atoms with Crippen LogP contribution >= 0.6 is 39.1 Å². The van der Waals surface area contributed by atoms with Gasteiger partial charge in [-0.2, -0.15) is 0 Å². The third kappa shape index (κ3) is 3.25. The first-order chi connectivity index (χ1) is 8.58. The van der Waals surface area contributed by atoms with Crippen LogP contribution in [0.2, 0.25) is 5.02 Å². The number of aromatic nitrogens is 1. The summed E-state index contributed by atoms with van der Waals surface area (Å²) in [5, 5.41) is 0.556. The molecule has 2 rings (SSSR count). The van der Waals surface area contributed by atoms with Gasteiger partial charge in [-0.3, -0.25) is 4.98 Å². The molecule has 0 radical (unpaired) electrons. The van der Waals surface area contributed by atoms with Crippen LogP contribution in [0.15, 0.2) is 41.0 Å². The van der Waals surface area contributed by atoms with Gasteiger partial charge in [-0.15, -0.1) is 11.6 Å². The summed E-state index contributed by atoms with van der Waals surface area (Å²) in [6.07, 6.45) is 2.49. The monoisotopic (exact) mass is 343 g/mol. The molecule has 18 heavy (non-hydrogen) atoms. The van der Waals surface area contributed by atoms with E-state index in [0.717, 1.165) is 21.3 Å². The second kappa shape index (κ2) is 6.05. The molecule has 1 aromatic carbocycles. The van der Waals surface area contributed by atoms with Crippen molar-refractivity contribution < 1.29 is 0 Å². The molecule has 1 unspecified atom stereocenters. The van der Waals surface area contributed by atoms with Crippen molar-refractivity contribution in [3.8, 4) is 0 Å². The van der Waals surface area contributed by atoms with Gasteiger partial charge in [0.2, 0.25) is 0 Å². The van der Waals surface area contributed by atoms with Crippen LogP contribution in [0.25, 0.3) is 0 Å². The molecule has 0 fully saturated rings. The smallest absolute Gasteiger partial charge is 0.0641 e. The molecule has 0 aliphatic heterocycles. The van der Waals surface area contributed by atoms with Gasteiger partial charge in [0.05, 0.1) is 10.4 Å². The number of hydrogen-bond acceptors (Lipinski definition) is 1. The maximum atomic E-state index is 6.42. The van der Waals surface area contributed by atoms with Crippen molar-refractivity contribution in [1.82, 2.24) is 4.98 Å². The molecule has 0 aliphatic rings. The third-order valence-electron chi connectivity index (χ3n) is 2.80. The molecule has 94 valence electrons. The molecule has 1 aromatic heterocycles. The molecule has 1 atom stereocenters. The molecule has 0 N–H and O–H groups in total. The Morgan fingerprint density at radius 3 is 2.78 bits per heavy atom. The second-order valence-corrected chi connectivity index (χ2v) is 5.90. The lowest BCUT2D eigenvalue weighted by Crippen LogP contribution is -2.00. The molecule has 0 aliphatic carbocycles. The summed E-state index contributed by atoms with van der Waals surface area (Å²) in [7, 11) is 0. The zero-order valence-corrected chi connectivity index (χ0v) is 12.9. The van der Waals surface area contributed by atoms with Crippen molar-refractivity contribution in [2.24, 2.45) is 0 Å². The minimum atomic E-state index is -0.121. The minimum Gasteiger partial charge on any atom is -0.261 e. The van der Waals surface area contributed by atoms with E-state index in [1.54, 1.807) is 6.20 Å². The van der Waals surface area contributed by atoms with Crippen molar-refractivity contribution in [2.45, 2.75) is 18.7 Å². The first-order valence-electron chi connectivity index (χ1n) is 5.57. The summed E-state index contributed by atoms with van der Waals surface area (Å²) < 4.78 is 0.880. The highest BCUT2D eigenvalue weighted by Gasteiger charge is 2.12. The number of pyridine rings is 1. The summed E-state index contributed by atoms with van der Waals surface area (Å²) in [6.45, 7) is 2.04. The van der Waals surface area contributed by atoms with Crippen LogP contribution in [0, 0.1) is 6.92 Å². The lowest BCUT2D eigenvalue weighted by molar-refractivity contribution is 0.869. The number of halogens is 3. The molecule has 1 heterocycles. The Hall–Kier alpha value is -0.570. The van der Waals surface area contributed by atoms with E-state index in [4.69, 9.17) is 23.2 Å². The fourth-order valence-electron chi connectivity index (χ4n) is 1.73. The average molecular weight is 345 g/mol. The maximum Gasteiger partial charge on any atom is 0.0641 e. The normalized spacial score (nSPS) is 12.4. The van der Waals surface area contributed by atoms with Gasteiger partial charge in [0.25, 0.3) is 0 Å². The fraction of sp³-hybridized carbons (Fsp3) is 0.214. The largest absolute Gasteiger partial charge is 0.261 e. The number of nitrogens with zero attached hydrogens (tertiary/aromatic N) is 1. The highest BCUT2D eigenvalue weighted by atomic mass is 79.9. The Kier molecular flexibility index (Phi) is 4.66. The van der Waals surface area contributed by atoms with E-state index in [1.807, 2.05) is 37.3 Å². The molecule has 0 amide bonds. The van der Waals surface area contributed by atoms with Crippen LogP contribution < -0.4 is 0 Å². The van der Waals surface area contributed by atoms with Gasteiger partial charge < -0.3 is 0 Å². The zero-order valence-electron chi connectivity index (χ0n) is 9.83. The summed E-state index contributed by atoms with van der Waals surface area (Å²) in [6, 6.07) is 9.75. The fourth-order valence-corrected chi connectivity index (χ4v) is 2.44. The molecular weight excluding hydrogens is 333 g/mol. The van der Waals surface area contributed by atoms with Crippen LogP contribution in [0.3, 0.4) is 0 Å². The molecule has 0 saturated carbocycles. The van der Waals surface area contributed by atoms with Gasteiger partial charge in [0.1, 0.15) is 0 Å². The van der Waals surface area contributed by atoms with Crippen molar-refractivity contribution in [3.63, 3.8) is 0 Å². The molecule has 0 bridgehead atoms. The van der Waals surface area contributed by atoms with E-state index >= 15 is 0 Å². The maximum absolute atomic E-state index is 6.42. The SMILES string of the molecule is Cc1cccnc1CC(Cl)c1ccc(Br)c(Cl)c1. The number of alkyl halides is 1. The predicted octanol–water partition coefficient (Wildman–Crippen LogP) is 5.33. The Morgan fingerprint density at radius 2 is 2.11 bits per heavy atom. The Balaban J connectivity index is 2.19. The lowest BCUT2D eigenvalue weighted by Gasteiger charge is -2.12. The van der Waals surface area contributed by atoms with Crippen LogP contribution in [-0.4, -0.2) is 4.98 Å². The lowest BCUT2D eigenvalue weighted by atomic mass is 10.0. The standard InChI is InChI=1S/C14H12BrCl2N/c1-9-3-2-6-18-14(9)8-12(16)10-4-5-11(15)13(17)7-10/h2-7,12H,8H2,1H3. The van der Waals surface area contributed by atoms with Crippen molar-refractivity contribution in [1.29, 1.82) is 0 Å². The van der Waals surface area contributed by atoms with Crippen LogP contribution in [0.5, 0.6) is 0 Å². The Morgan fingerprint density at radius 1 is 1.33 bits per heavy atom. The quantitative estimate of drug-likeness (QED) is 0.686. The van der Waals surface area contributed by atoms with Crippen LogP contribution in [0.1, 0.15) is 22.2 Å². The van der Waals surface area contributed by atoms with Gasteiger partial charge in [0.15, 0.2) is 0 Å². The van der Waals surface area contributed by atoms with Crippen molar-refractivity contribution >= 4 is 39.1 Å². The first kappa shape index (κ1) is 13.9. The van der Waals surface area contributed by atoms with Gasteiger partial charge in [-0.05, 0) is 52.2 Å². The highest BCUT2D eigenvalue weighted by molar-refractivity contribution is 9.10. The number of hydrogen-bond donors (Lipinski definition) is 0. The van der Waals surface area contributed by atoms with E-state index in [0.29, 0.717) is 11.4 Å². The van der Waals surface area contributed by atoms with E-state index in [2.05, 4.69) is 20.9 Å². The van der Waals surface area contributed by atoms with E-state index in [-0.39, 0.29) is 5.38 Å². The van der Waals surface area contributed by atoms with Gasteiger partial charge in [0, 0.05) is 22.8 Å². The summed E-state index contributed by atoms with van der Waals surface area (Å²) in [5.41, 5.74) is 3.19. The Labute approximate surface area is 125 Å². The first-order valence-corrected chi connectivity index (χ1v) is 7.18. The van der Waals surface area contributed by atoms with Gasteiger partial charge in [-0.25, -0.2) is 0 Å². The molecule has 4 heteroatoms. The van der Waals surface area contributed by atoms with E-state index in [9.17, 15) is 0 Å².